The highest BCUT2D eigenvalue weighted by Gasteiger charge is 2.51. The SMILES string of the molecule is CCC(C(=O)O)N(C)S(=O)(=O)C(F)(F)F. The van der Waals surface area contributed by atoms with E-state index in [1.165, 1.54) is 6.92 Å². The van der Waals surface area contributed by atoms with Crippen LogP contribution in [0.1, 0.15) is 13.3 Å². The summed E-state index contributed by atoms with van der Waals surface area (Å²) in [5.41, 5.74) is -5.48. The molecule has 0 saturated carbocycles. The fourth-order valence-corrected chi connectivity index (χ4v) is 1.82. The number of rotatable bonds is 4. The van der Waals surface area contributed by atoms with E-state index in [0.717, 1.165) is 0 Å². The summed E-state index contributed by atoms with van der Waals surface area (Å²) in [5.74, 6) is -1.62. The minimum absolute atomic E-state index is 0.185. The lowest BCUT2D eigenvalue weighted by Crippen LogP contribution is -2.47. The molecule has 0 saturated heterocycles. The average Bonchev–Trinajstić information content (AvgIpc) is 2.02. The largest absolute Gasteiger partial charge is 0.511 e. The Morgan fingerprint density at radius 3 is 2.07 bits per heavy atom. The zero-order chi connectivity index (χ0) is 12.4. The van der Waals surface area contributed by atoms with Crippen LogP contribution in [-0.2, 0) is 14.8 Å². The van der Waals surface area contributed by atoms with Gasteiger partial charge >= 0.3 is 21.5 Å². The molecule has 1 unspecified atom stereocenters. The van der Waals surface area contributed by atoms with E-state index in [0.29, 0.717) is 7.05 Å². The first-order valence-electron chi connectivity index (χ1n) is 3.82. The molecule has 0 aliphatic heterocycles. The number of carboxylic acid groups (broad SMARTS) is 1. The minimum atomic E-state index is -5.58. The van der Waals surface area contributed by atoms with E-state index in [2.05, 4.69) is 0 Å². The molecular formula is C6H10F3NO4S. The number of hydrogen-bond donors (Lipinski definition) is 1. The second kappa shape index (κ2) is 4.35. The summed E-state index contributed by atoms with van der Waals surface area (Å²) in [4.78, 5) is 10.5. The van der Waals surface area contributed by atoms with Gasteiger partial charge in [0.2, 0.25) is 0 Å². The van der Waals surface area contributed by atoms with Crippen molar-refractivity contribution in [2.45, 2.75) is 24.9 Å². The molecule has 90 valence electrons. The number of alkyl halides is 3. The van der Waals surface area contributed by atoms with Crippen molar-refractivity contribution in [3.63, 3.8) is 0 Å². The van der Waals surface area contributed by atoms with Crippen molar-refractivity contribution in [3.8, 4) is 0 Å². The zero-order valence-electron chi connectivity index (χ0n) is 7.95. The molecule has 0 aromatic rings. The molecule has 0 fully saturated rings. The fourth-order valence-electron chi connectivity index (χ4n) is 0.918. The number of carbonyl (C=O) groups is 1. The van der Waals surface area contributed by atoms with Gasteiger partial charge in [0.05, 0.1) is 0 Å². The molecule has 15 heavy (non-hydrogen) atoms. The van der Waals surface area contributed by atoms with Gasteiger partial charge < -0.3 is 5.11 Å². The Labute approximate surface area is 84.5 Å². The first-order valence-corrected chi connectivity index (χ1v) is 5.26. The van der Waals surface area contributed by atoms with E-state index >= 15 is 0 Å². The molecular weight excluding hydrogens is 239 g/mol. The van der Waals surface area contributed by atoms with Gasteiger partial charge in [-0.2, -0.15) is 17.5 Å². The van der Waals surface area contributed by atoms with Gasteiger partial charge in [0.15, 0.2) is 0 Å². The number of carboxylic acids is 1. The molecule has 0 spiro atoms. The number of halogens is 3. The lowest BCUT2D eigenvalue weighted by atomic mass is 10.2. The van der Waals surface area contributed by atoms with Gasteiger partial charge in [-0.05, 0) is 6.42 Å². The molecule has 0 amide bonds. The second-order valence-corrected chi connectivity index (χ2v) is 4.72. The van der Waals surface area contributed by atoms with Crippen LogP contribution in [-0.4, -0.2) is 42.4 Å². The molecule has 0 bridgehead atoms. The van der Waals surface area contributed by atoms with Gasteiger partial charge in [-0.15, -0.1) is 0 Å². The van der Waals surface area contributed by atoms with E-state index in [1.807, 2.05) is 0 Å². The minimum Gasteiger partial charge on any atom is -0.480 e. The maximum atomic E-state index is 12.0. The molecule has 0 rings (SSSR count). The Kier molecular flexibility index (Phi) is 4.11. The predicted octanol–water partition coefficient (Wildman–Crippen LogP) is 0.631. The van der Waals surface area contributed by atoms with Gasteiger partial charge in [0, 0.05) is 7.05 Å². The number of nitrogens with zero attached hydrogens (tertiary/aromatic N) is 1. The standard InChI is InChI=1S/C6H10F3NO4S/c1-3-4(5(11)12)10(2)15(13,14)6(7,8)9/h4H,3H2,1-2H3,(H,11,12). The van der Waals surface area contributed by atoms with Crippen molar-refractivity contribution in [2.75, 3.05) is 7.05 Å². The highest BCUT2D eigenvalue weighted by atomic mass is 32.2. The molecule has 0 aromatic heterocycles. The summed E-state index contributed by atoms with van der Waals surface area (Å²) < 4.78 is 57.5. The third-order valence-electron chi connectivity index (χ3n) is 1.78. The highest BCUT2D eigenvalue weighted by molar-refractivity contribution is 7.90. The topological polar surface area (TPSA) is 74.7 Å². The molecule has 9 heteroatoms. The molecule has 5 nitrogen and oxygen atoms in total. The lowest BCUT2D eigenvalue weighted by Gasteiger charge is -2.23. The van der Waals surface area contributed by atoms with Crippen LogP contribution >= 0.6 is 0 Å². The van der Waals surface area contributed by atoms with E-state index in [1.54, 1.807) is 0 Å². The number of sulfonamides is 1. The van der Waals surface area contributed by atoms with Crippen molar-refractivity contribution < 1.29 is 31.5 Å². The molecule has 1 N–H and O–H groups in total. The van der Waals surface area contributed by atoms with Crippen molar-refractivity contribution >= 4 is 16.0 Å². The zero-order valence-corrected chi connectivity index (χ0v) is 8.76. The summed E-state index contributed by atoms with van der Waals surface area (Å²) in [7, 11) is -4.99. The second-order valence-electron chi connectivity index (χ2n) is 2.73. The van der Waals surface area contributed by atoms with Gasteiger partial charge in [-0.3, -0.25) is 4.79 Å². The fraction of sp³-hybridized carbons (Fsp3) is 0.833. The molecule has 0 aliphatic rings. The third kappa shape index (κ3) is 2.81. The lowest BCUT2D eigenvalue weighted by molar-refractivity contribution is -0.141. The molecule has 1 atom stereocenters. The van der Waals surface area contributed by atoms with Gasteiger partial charge in [0.25, 0.3) is 0 Å². The Hall–Kier alpha value is -0.830. The summed E-state index contributed by atoms with van der Waals surface area (Å²) in [5, 5.41) is 8.50. The Bertz CT molecular complexity index is 337. The quantitative estimate of drug-likeness (QED) is 0.793. The van der Waals surface area contributed by atoms with Crippen LogP contribution in [0.4, 0.5) is 13.2 Å². The van der Waals surface area contributed by atoms with Crippen LogP contribution in [0, 0.1) is 0 Å². The van der Waals surface area contributed by atoms with E-state index in [9.17, 15) is 26.4 Å². The van der Waals surface area contributed by atoms with E-state index in [4.69, 9.17) is 5.11 Å². The Balaban J connectivity index is 5.17. The summed E-state index contributed by atoms with van der Waals surface area (Å²) in [6, 6.07) is -1.71. The van der Waals surface area contributed by atoms with Crippen molar-refractivity contribution in [2.24, 2.45) is 0 Å². The number of likely N-dealkylation sites (N-methyl/N-ethyl adjacent to an activating group) is 1. The smallest absolute Gasteiger partial charge is 0.480 e. The first kappa shape index (κ1) is 14.2. The van der Waals surface area contributed by atoms with Crippen LogP contribution in [0.25, 0.3) is 0 Å². The normalized spacial score (nSPS) is 15.3. The monoisotopic (exact) mass is 249 g/mol. The van der Waals surface area contributed by atoms with Crippen LogP contribution < -0.4 is 0 Å². The van der Waals surface area contributed by atoms with Crippen molar-refractivity contribution in [1.82, 2.24) is 4.31 Å². The highest BCUT2D eigenvalue weighted by Crippen LogP contribution is 2.27. The molecule has 0 aliphatic carbocycles. The van der Waals surface area contributed by atoms with Gasteiger partial charge in [-0.25, -0.2) is 8.42 Å². The maximum Gasteiger partial charge on any atom is 0.511 e. The van der Waals surface area contributed by atoms with Gasteiger partial charge in [0.1, 0.15) is 6.04 Å². The molecule has 0 radical (unpaired) electrons. The van der Waals surface area contributed by atoms with Crippen molar-refractivity contribution in [3.05, 3.63) is 0 Å². The molecule has 0 heterocycles. The number of hydrogen-bond acceptors (Lipinski definition) is 3. The summed E-state index contributed by atoms with van der Waals surface area (Å²) >= 11 is 0. The summed E-state index contributed by atoms with van der Waals surface area (Å²) in [6.07, 6.45) is -0.249. The molecule has 0 aromatic carbocycles. The van der Waals surface area contributed by atoms with Gasteiger partial charge in [-0.1, -0.05) is 6.92 Å². The van der Waals surface area contributed by atoms with Crippen LogP contribution in [0.2, 0.25) is 0 Å². The van der Waals surface area contributed by atoms with Crippen LogP contribution in [0.15, 0.2) is 0 Å². The first-order chi connectivity index (χ1) is 6.55. The third-order valence-corrected chi connectivity index (χ3v) is 3.38. The predicted molar refractivity (Wildman–Crippen MR) is 44.5 cm³/mol. The van der Waals surface area contributed by atoms with E-state index < -0.39 is 27.5 Å². The van der Waals surface area contributed by atoms with Crippen molar-refractivity contribution in [1.29, 1.82) is 0 Å². The maximum absolute atomic E-state index is 12.0. The Morgan fingerprint density at radius 1 is 1.47 bits per heavy atom. The Morgan fingerprint density at radius 2 is 1.87 bits per heavy atom. The number of aliphatic carboxylic acids is 1. The average molecular weight is 249 g/mol. The van der Waals surface area contributed by atoms with Crippen LogP contribution in [0.3, 0.4) is 0 Å². The summed E-state index contributed by atoms with van der Waals surface area (Å²) in [6.45, 7) is 1.28. The van der Waals surface area contributed by atoms with E-state index in [-0.39, 0.29) is 10.7 Å². The van der Waals surface area contributed by atoms with Crippen LogP contribution in [0.5, 0.6) is 0 Å².